The van der Waals surface area contributed by atoms with E-state index in [-0.39, 0.29) is 22.4 Å². The minimum absolute atomic E-state index is 0.0254. The first-order valence-corrected chi connectivity index (χ1v) is 12.2. The highest BCUT2D eigenvalue weighted by Gasteiger charge is 2.22. The third-order valence-corrected chi connectivity index (χ3v) is 6.64. The molecule has 0 aromatic heterocycles. The van der Waals surface area contributed by atoms with Gasteiger partial charge in [0.15, 0.2) is 0 Å². The molecule has 0 heterocycles. The van der Waals surface area contributed by atoms with Crippen LogP contribution < -0.4 is 20.1 Å². The van der Waals surface area contributed by atoms with Crippen molar-refractivity contribution in [2.45, 2.75) is 25.7 Å². The Labute approximate surface area is 205 Å². The molecule has 0 aliphatic heterocycles. The van der Waals surface area contributed by atoms with E-state index in [9.17, 15) is 13.2 Å². The van der Waals surface area contributed by atoms with Crippen molar-refractivity contribution in [3.05, 3.63) is 89.5 Å². The van der Waals surface area contributed by atoms with Crippen LogP contribution in [0.15, 0.2) is 72.1 Å². The predicted octanol–water partition coefficient (Wildman–Crippen LogP) is 4.66. The van der Waals surface area contributed by atoms with Gasteiger partial charge in [0.2, 0.25) is 5.91 Å². The van der Waals surface area contributed by atoms with E-state index < -0.39 is 10.0 Å². The summed E-state index contributed by atoms with van der Waals surface area (Å²) in [5.41, 5.74) is 4.29. The van der Waals surface area contributed by atoms with Crippen molar-refractivity contribution < 1.29 is 17.9 Å². The Balaban J connectivity index is 1.90. The van der Waals surface area contributed by atoms with Crippen LogP contribution in [-0.4, -0.2) is 27.3 Å². The summed E-state index contributed by atoms with van der Waals surface area (Å²) in [4.78, 5) is 11.2. The van der Waals surface area contributed by atoms with Gasteiger partial charge in [0.25, 0.3) is 10.0 Å². The van der Waals surface area contributed by atoms with Crippen molar-refractivity contribution in [1.29, 1.82) is 5.41 Å². The number of benzene rings is 3. The molecule has 0 saturated heterocycles. The van der Waals surface area contributed by atoms with Crippen molar-refractivity contribution in [2.24, 2.45) is 0 Å². The van der Waals surface area contributed by atoms with Gasteiger partial charge in [-0.3, -0.25) is 14.9 Å². The van der Waals surface area contributed by atoms with Gasteiger partial charge in [-0.2, -0.15) is 0 Å². The minimum Gasteiger partial charge on any atom is -0.495 e. The summed E-state index contributed by atoms with van der Waals surface area (Å²) in [5.74, 6) is -0.160. The summed E-state index contributed by atoms with van der Waals surface area (Å²) >= 11 is 0. The number of carbonyl (C=O) groups excluding carboxylic acids is 1. The SMILES string of the molecule is C=C(Nc1ccc(OC)c(S(=O)(=O)Nc2c(C)cccc2C)c1)c1cccc(C(=N)NC(C)=O)c1. The van der Waals surface area contributed by atoms with E-state index in [1.165, 1.54) is 20.1 Å². The number of hydrogen-bond acceptors (Lipinski definition) is 6. The maximum absolute atomic E-state index is 13.3. The van der Waals surface area contributed by atoms with Crippen molar-refractivity contribution >= 4 is 38.8 Å². The zero-order valence-electron chi connectivity index (χ0n) is 20.0. The first-order chi connectivity index (χ1) is 16.5. The quantitative estimate of drug-likeness (QED) is 0.269. The maximum Gasteiger partial charge on any atom is 0.265 e. The van der Waals surface area contributed by atoms with Crippen molar-refractivity contribution in [3.8, 4) is 5.75 Å². The lowest BCUT2D eigenvalue weighted by Gasteiger charge is -2.17. The summed E-state index contributed by atoms with van der Waals surface area (Å²) in [7, 11) is -2.55. The fourth-order valence-corrected chi connectivity index (χ4v) is 4.89. The molecule has 0 aliphatic rings. The second kappa shape index (κ2) is 10.4. The molecule has 0 aliphatic carbocycles. The molecule has 3 aromatic rings. The number of aryl methyl sites for hydroxylation is 2. The standard InChI is InChI=1S/C26H28N4O4S/c1-16-8-6-9-17(2)25(16)30-35(32,33)24-15-22(12-13-23(24)34-5)28-18(3)20-10-7-11-21(14-20)26(27)29-19(4)31/h6-15,28,30H,3H2,1-2,4-5H3,(H2,27,29,31). The Kier molecular flexibility index (Phi) is 7.61. The van der Waals surface area contributed by atoms with Crippen molar-refractivity contribution in [2.75, 3.05) is 17.1 Å². The van der Waals surface area contributed by atoms with E-state index in [1.54, 1.807) is 36.4 Å². The smallest absolute Gasteiger partial charge is 0.265 e. The van der Waals surface area contributed by atoms with E-state index in [4.69, 9.17) is 10.1 Å². The highest BCUT2D eigenvalue weighted by atomic mass is 32.2. The summed E-state index contributed by atoms with van der Waals surface area (Å²) in [6.07, 6.45) is 0. The van der Waals surface area contributed by atoms with Crippen LogP contribution in [0.1, 0.15) is 29.2 Å². The van der Waals surface area contributed by atoms with E-state index in [0.717, 1.165) is 11.1 Å². The molecular weight excluding hydrogens is 464 g/mol. The van der Waals surface area contributed by atoms with E-state index in [1.807, 2.05) is 32.0 Å². The largest absolute Gasteiger partial charge is 0.495 e. The second-order valence-electron chi connectivity index (χ2n) is 7.98. The van der Waals surface area contributed by atoms with Crippen LogP contribution in [0.2, 0.25) is 0 Å². The Bertz CT molecular complexity index is 1390. The zero-order valence-corrected chi connectivity index (χ0v) is 20.8. The van der Waals surface area contributed by atoms with Gasteiger partial charge in [0.05, 0.1) is 12.8 Å². The van der Waals surface area contributed by atoms with Gasteiger partial charge in [-0.25, -0.2) is 8.42 Å². The molecule has 9 heteroatoms. The first kappa shape index (κ1) is 25.5. The lowest BCUT2D eigenvalue weighted by molar-refractivity contribution is -0.117. The Morgan fingerprint density at radius 3 is 2.23 bits per heavy atom. The van der Waals surface area contributed by atoms with Crippen LogP contribution in [-0.2, 0) is 14.8 Å². The zero-order chi connectivity index (χ0) is 25.8. The Hall–Kier alpha value is -4.11. The van der Waals surface area contributed by atoms with Crippen LogP contribution in [0.3, 0.4) is 0 Å². The molecule has 0 bridgehead atoms. The van der Waals surface area contributed by atoms with Gasteiger partial charge in [0, 0.05) is 23.9 Å². The molecule has 0 atom stereocenters. The number of carbonyl (C=O) groups is 1. The number of para-hydroxylation sites is 1. The van der Waals surface area contributed by atoms with Crippen LogP contribution in [0.5, 0.6) is 5.75 Å². The first-order valence-electron chi connectivity index (χ1n) is 10.7. The molecule has 0 fully saturated rings. The molecule has 0 radical (unpaired) electrons. The number of sulfonamides is 1. The van der Waals surface area contributed by atoms with E-state index in [2.05, 4.69) is 21.9 Å². The molecule has 182 valence electrons. The van der Waals surface area contributed by atoms with Gasteiger partial charge >= 0.3 is 0 Å². The molecule has 1 amide bonds. The maximum atomic E-state index is 13.3. The molecule has 3 rings (SSSR count). The molecule has 35 heavy (non-hydrogen) atoms. The highest BCUT2D eigenvalue weighted by Crippen LogP contribution is 2.31. The third kappa shape index (κ3) is 6.07. The summed E-state index contributed by atoms with van der Waals surface area (Å²) in [6.45, 7) is 9.05. The number of anilines is 2. The molecular formula is C26H28N4O4S. The van der Waals surface area contributed by atoms with E-state index in [0.29, 0.717) is 28.2 Å². The van der Waals surface area contributed by atoms with Gasteiger partial charge in [0.1, 0.15) is 16.5 Å². The summed E-state index contributed by atoms with van der Waals surface area (Å²) < 4.78 is 34.6. The van der Waals surface area contributed by atoms with Crippen molar-refractivity contribution in [3.63, 3.8) is 0 Å². The van der Waals surface area contributed by atoms with Gasteiger partial charge in [-0.1, -0.05) is 43.0 Å². The number of rotatable bonds is 8. The monoisotopic (exact) mass is 492 g/mol. The van der Waals surface area contributed by atoms with Crippen LogP contribution in [0.25, 0.3) is 5.70 Å². The number of methoxy groups -OCH3 is 1. The molecule has 0 spiro atoms. The van der Waals surface area contributed by atoms with Gasteiger partial charge < -0.3 is 15.4 Å². The molecule has 0 saturated carbocycles. The molecule has 3 aromatic carbocycles. The van der Waals surface area contributed by atoms with Crippen LogP contribution >= 0.6 is 0 Å². The van der Waals surface area contributed by atoms with E-state index >= 15 is 0 Å². The number of nitrogens with one attached hydrogen (secondary N) is 4. The van der Waals surface area contributed by atoms with Gasteiger partial charge in [-0.05, 0) is 54.8 Å². The highest BCUT2D eigenvalue weighted by molar-refractivity contribution is 7.92. The van der Waals surface area contributed by atoms with Gasteiger partial charge in [-0.15, -0.1) is 0 Å². The lowest BCUT2D eigenvalue weighted by Crippen LogP contribution is -2.28. The topological polar surface area (TPSA) is 120 Å². The number of ether oxygens (including phenoxy) is 1. The predicted molar refractivity (Wildman–Crippen MR) is 139 cm³/mol. The summed E-state index contributed by atoms with van der Waals surface area (Å²) in [5, 5.41) is 13.6. The Morgan fingerprint density at radius 2 is 1.60 bits per heavy atom. The molecule has 0 unspecified atom stereocenters. The average Bonchev–Trinajstić information content (AvgIpc) is 2.81. The average molecular weight is 493 g/mol. The summed E-state index contributed by atoms with van der Waals surface area (Å²) in [6, 6.07) is 17.2. The third-order valence-electron chi connectivity index (χ3n) is 5.27. The van der Waals surface area contributed by atoms with Crippen LogP contribution in [0, 0.1) is 19.3 Å². The second-order valence-corrected chi connectivity index (χ2v) is 9.63. The number of hydrogen-bond donors (Lipinski definition) is 4. The van der Waals surface area contributed by atoms with Crippen molar-refractivity contribution in [1.82, 2.24) is 5.32 Å². The number of amides is 1. The molecule has 4 N–H and O–H groups in total. The fourth-order valence-electron chi connectivity index (χ4n) is 3.49. The number of amidine groups is 1. The lowest BCUT2D eigenvalue weighted by atomic mass is 10.1. The Morgan fingerprint density at radius 1 is 0.971 bits per heavy atom. The normalized spacial score (nSPS) is 10.9. The fraction of sp³-hybridized carbons (Fsp3) is 0.154. The minimum atomic E-state index is -3.97. The molecule has 8 nitrogen and oxygen atoms in total. The van der Waals surface area contributed by atoms with Crippen LogP contribution in [0.4, 0.5) is 11.4 Å².